The lowest BCUT2D eigenvalue weighted by Crippen LogP contribution is -2.38. The maximum absolute atomic E-state index is 11.7. The van der Waals surface area contributed by atoms with Crippen LogP contribution in [0.4, 0.5) is 0 Å². The van der Waals surface area contributed by atoms with E-state index in [1.807, 2.05) is 0 Å². The highest BCUT2D eigenvalue weighted by molar-refractivity contribution is 5.76. The van der Waals surface area contributed by atoms with Gasteiger partial charge in [-0.25, -0.2) is 0 Å². The van der Waals surface area contributed by atoms with E-state index in [-0.39, 0.29) is 5.91 Å². The van der Waals surface area contributed by atoms with E-state index in [1.165, 1.54) is 38.5 Å². The molecule has 2 rings (SSSR count). The molecule has 1 saturated heterocycles. The Balaban J connectivity index is 1.59. The molecular formula is C13H24N2O. The highest BCUT2D eigenvalue weighted by Gasteiger charge is 2.19. The SMILES string of the molecule is O=C(CC1CCCC1)NCC1CCCNC1. The van der Waals surface area contributed by atoms with Gasteiger partial charge in [-0.2, -0.15) is 0 Å². The molecular weight excluding hydrogens is 200 g/mol. The zero-order chi connectivity index (χ0) is 11.2. The zero-order valence-electron chi connectivity index (χ0n) is 10.1. The summed E-state index contributed by atoms with van der Waals surface area (Å²) in [6, 6.07) is 0. The van der Waals surface area contributed by atoms with Crippen LogP contribution in [-0.4, -0.2) is 25.5 Å². The van der Waals surface area contributed by atoms with E-state index in [0.717, 1.165) is 26.1 Å². The van der Waals surface area contributed by atoms with Crippen LogP contribution in [0.2, 0.25) is 0 Å². The molecule has 1 amide bonds. The Morgan fingerprint density at radius 1 is 1.12 bits per heavy atom. The van der Waals surface area contributed by atoms with E-state index in [2.05, 4.69) is 10.6 Å². The smallest absolute Gasteiger partial charge is 0.220 e. The van der Waals surface area contributed by atoms with E-state index in [0.29, 0.717) is 11.8 Å². The van der Waals surface area contributed by atoms with E-state index in [1.54, 1.807) is 0 Å². The van der Waals surface area contributed by atoms with E-state index >= 15 is 0 Å². The van der Waals surface area contributed by atoms with Crippen LogP contribution in [0.3, 0.4) is 0 Å². The third-order valence-electron chi connectivity index (χ3n) is 3.94. The summed E-state index contributed by atoms with van der Waals surface area (Å²) in [6.07, 6.45) is 8.45. The minimum atomic E-state index is 0.275. The highest BCUT2D eigenvalue weighted by atomic mass is 16.1. The first kappa shape index (κ1) is 11.9. The van der Waals surface area contributed by atoms with Crippen LogP contribution >= 0.6 is 0 Å². The van der Waals surface area contributed by atoms with Crippen molar-refractivity contribution in [3.63, 3.8) is 0 Å². The minimum absolute atomic E-state index is 0.275. The van der Waals surface area contributed by atoms with Gasteiger partial charge >= 0.3 is 0 Å². The second kappa shape index (κ2) is 6.24. The van der Waals surface area contributed by atoms with Crippen LogP contribution in [-0.2, 0) is 4.79 Å². The molecule has 1 unspecified atom stereocenters. The third kappa shape index (κ3) is 3.78. The summed E-state index contributed by atoms with van der Waals surface area (Å²) in [5.41, 5.74) is 0. The number of piperidine rings is 1. The van der Waals surface area contributed by atoms with Crippen molar-refractivity contribution in [2.24, 2.45) is 11.8 Å². The van der Waals surface area contributed by atoms with Crippen molar-refractivity contribution < 1.29 is 4.79 Å². The summed E-state index contributed by atoms with van der Waals surface area (Å²) in [6.45, 7) is 3.09. The first-order valence-corrected chi connectivity index (χ1v) is 6.82. The fraction of sp³-hybridized carbons (Fsp3) is 0.923. The molecule has 2 fully saturated rings. The Kier molecular flexibility index (Phi) is 4.64. The Morgan fingerprint density at radius 3 is 2.56 bits per heavy atom. The second-order valence-electron chi connectivity index (χ2n) is 5.37. The molecule has 1 aliphatic heterocycles. The van der Waals surface area contributed by atoms with Crippen LogP contribution in [0.5, 0.6) is 0 Å². The van der Waals surface area contributed by atoms with E-state index < -0.39 is 0 Å². The molecule has 92 valence electrons. The zero-order valence-corrected chi connectivity index (χ0v) is 10.1. The van der Waals surface area contributed by atoms with Crippen molar-refractivity contribution in [1.82, 2.24) is 10.6 Å². The summed E-state index contributed by atoms with van der Waals surface area (Å²) in [5.74, 6) is 1.60. The average Bonchev–Trinajstić information content (AvgIpc) is 2.81. The summed E-state index contributed by atoms with van der Waals surface area (Å²) in [7, 11) is 0. The van der Waals surface area contributed by atoms with Crippen molar-refractivity contribution in [2.45, 2.75) is 44.9 Å². The molecule has 1 aliphatic carbocycles. The summed E-state index contributed by atoms with van der Waals surface area (Å²) >= 11 is 0. The van der Waals surface area contributed by atoms with Gasteiger partial charge in [0, 0.05) is 13.0 Å². The molecule has 3 nitrogen and oxygen atoms in total. The first-order valence-electron chi connectivity index (χ1n) is 6.82. The molecule has 3 heteroatoms. The summed E-state index contributed by atoms with van der Waals surface area (Å²) in [4.78, 5) is 11.7. The van der Waals surface area contributed by atoms with Crippen molar-refractivity contribution in [3.8, 4) is 0 Å². The Labute approximate surface area is 98.4 Å². The predicted octanol–water partition coefficient (Wildman–Crippen LogP) is 1.68. The molecule has 1 heterocycles. The van der Waals surface area contributed by atoms with Gasteiger partial charge in [-0.05, 0) is 50.6 Å². The van der Waals surface area contributed by atoms with Crippen LogP contribution < -0.4 is 10.6 Å². The van der Waals surface area contributed by atoms with Crippen molar-refractivity contribution in [3.05, 3.63) is 0 Å². The van der Waals surface area contributed by atoms with Gasteiger partial charge in [0.1, 0.15) is 0 Å². The van der Waals surface area contributed by atoms with Gasteiger partial charge in [0.25, 0.3) is 0 Å². The molecule has 0 bridgehead atoms. The van der Waals surface area contributed by atoms with Crippen LogP contribution in [0.25, 0.3) is 0 Å². The second-order valence-corrected chi connectivity index (χ2v) is 5.37. The quantitative estimate of drug-likeness (QED) is 0.763. The molecule has 0 aromatic rings. The summed E-state index contributed by atoms with van der Waals surface area (Å²) < 4.78 is 0. The van der Waals surface area contributed by atoms with Gasteiger partial charge in [-0.1, -0.05) is 12.8 Å². The molecule has 16 heavy (non-hydrogen) atoms. The van der Waals surface area contributed by atoms with Crippen LogP contribution in [0.1, 0.15) is 44.9 Å². The number of rotatable bonds is 4. The lowest BCUT2D eigenvalue weighted by Gasteiger charge is -2.23. The van der Waals surface area contributed by atoms with Crippen molar-refractivity contribution >= 4 is 5.91 Å². The normalized spacial score (nSPS) is 26.9. The monoisotopic (exact) mass is 224 g/mol. The van der Waals surface area contributed by atoms with Gasteiger partial charge in [-0.15, -0.1) is 0 Å². The van der Waals surface area contributed by atoms with Gasteiger partial charge in [-0.3, -0.25) is 4.79 Å². The van der Waals surface area contributed by atoms with Gasteiger partial charge in [0.2, 0.25) is 5.91 Å². The van der Waals surface area contributed by atoms with Gasteiger partial charge < -0.3 is 10.6 Å². The number of nitrogens with one attached hydrogen (secondary N) is 2. The Bertz CT molecular complexity index is 218. The molecule has 2 N–H and O–H groups in total. The molecule has 0 radical (unpaired) electrons. The number of carbonyl (C=O) groups is 1. The van der Waals surface area contributed by atoms with Crippen molar-refractivity contribution in [1.29, 1.82) is 0 Å². The first-order chi connectivity index (χ1) is 7.84. The predicted molar refractivity (Wildman–Crippen MR) is 65.2 cm³/mol. The standard InChI is InChI=1S/C13H24N2O/c16-13(8-11-4-1-2-5-11)15-10-12-6-3-7-14-9-12/h11-12,14H,1-10H2,(H,15,16). The number of hydrogen-bond donors (Lipinski definition) is 2. The molecule has 2 aliphatic rings. The van der Waals surface area contributed by atoms with Crippen LogP contribution in [0, 0.1) is 11.8 Å². The van der Waals surface area contributed by atoms with Crippen molar-refractivity contribution in [2.75, 3.05) is 19.6 Å². The minimum Gasteiger partial charge on any atom is -0.356 e. The molecule has 0 aromatic heterocycles. The van der Waals surface area contributed by atoms with E-state index in [9.17, 15) is 4.79 Å². The third-order valence-corrected chi connectivity index (χ3v) is 3.94. The fourth-order valence-electron chi connectivity index (χ4n) is 2.91. The van der Waals surface area contributed by atoms with Crippen LogP contribution in [0.15, 0.2) is 0 Å². The molecule has 1 saturated carbocycles. The molecule has 0 spiro atoms. The number of hydrogen-bond acceptors (Lipinski definition) is 2. The molecule has 1 atom stereocenters. The fourth-order valence-corrected chi connectivity index (χ4v) is 2.91. The van der Waals surface area contributed by atoms with Gasteiger partial charge in [0.05, 0.1) is 0 Å². The summed E-state index contributed by atoms with van der Waals surface area (Å²) in [5, 5.41) is 6.48. The Morgan fingerprint density at radius 2 is 1.88 bits per heavy atom. The maximum Gasteiger partial charge on any atom is 0.220 e. The van der Waals surface area contributed by atoms with E-state index in [4.69, 9.17) is 0 Å². The van der Waals surface area contributed by atoms with Gasteiger partial charge in [0.15, 0.2) is 0 Å². The largest absolute Gasteiger partial charge is 0.356 e. The lowest BCUT2D eigenvalue weighted by molar-refractivity contribution is -0.122. The Hall–Kier alpha value is -0.570. The lowest BCUT2D eigenvalue weighted by atomic mass is 9.99. The molecule has 0 aromatic carbocycles. The number of carbonyl (C=O) groups excluding carboxylic acids is 1. The number of amides is 1. The topological polar surface area (TPSA) is 41.1 Å². The highest BCUT2D eigenvalue weighted by Crippen LogP contribution is 2.27. The maximum atomic E-state index is 11.7. The average molecular weight is 224 g/mol.